The monoisotopic (exact) mass is 359 g/mol. The number of hydrogen-bond donors (Lipinski definition) is 3. The van der Waals surface area contributed by atoms with Gasteiger partial charge in [0.15, 0.2) is 0 Å². The molecule has 5 rings (SSSR count). The number of nitrogens with one attached hydrogen (secondary N) is 2. The Morgan fingerprint density at radius 3 is 1.96 bits per heavy atom. The van der Waals surface area contributed by atoms with Gasteiger partial charge in [-0.2, -0.15) is 0 Å². The molecule has 0 saturated heterocycles. The fourth-order valence-electron chi connectivity index (χ4n) is 3.15. The van der Waals surface area contributed by atoms with E-state index in [4.69, 9.17) is 27.3 Å². The number of hydrogen-bond acceptors (Lipinski definition) is 3. The van der Waals surface area contributed by atoms with Crippen molar-refractivity contribution in [2.24, 2.45) is 0 Å². The summed E-state index contributed by atoms with van der Waals surface area (Å²) in [4.78, 5) is 16.1. The lowest BCUT2D eigenvalue weighted by Gasteiger charge is -2.04. The largest absolute Gasteiger partial charge is 0.399 e. The highest BCUT2D eigenvalue weighted by molar-refractivity contribution is 6.31. The van der Waals surface area contributed by atoms with Gasteiger partial charge in [-0.1, -0.05) is 35.9 Å². The molecule has 5 nitrogen and oxygen atoms in total. The van der Waals surface area contributed by atoms with Gasteiger partial charge in [0.25, 0.3) is 0 Å². The van der Waals surface area contributed by atoms with Crippen LogP contribution >= 0.6 is 11.6 Å². The minimum absolute atomic E-state index is 0.665. The third-order valence-corrected chi connectivity index (χ3v) is 4.62. The summed E-state index contributed by atoms with van der Waals surface area (Å²) in [5, 5.41) is 0.665. The Labute approximate surface area is 153 Å². The van der Waals surface area contributed by atoms with Crippen LogP contribution in [0.25, 0.3) is 44.8 Å². The molecule has 0 spiro atoms. The van der Waals surface area contributed by atoms with E-state index in [1.54, 1.807) is 0 Å². The molecule has 0 bridgehead atoms. The van der Waals surface area contributed by atoms with E-state index in [9.17, 15) is 0 Å². The Balaban J connectivity index is 1.70. The smallest absolute Gasteiger partial charge is 0.139 e. The molecular formula is C20H14ClN5. The molecular weight excluding hydrogens is 346 g/mol. The van der Waals surface area contributed by atoms with Crippen LogP contribution in [0.1, 0.15) is 0 Å². The zero-order valence-electron chi connectivity index (χ0n) is 13.6. The summed E-state index contributed by atoms with van der Waals surface area (Å²) in [6.45, 7) is 0. The second kappa shape index (κ2) is 5.61. The van der Waals surface area contributed by atoms with Crippen molar-refractivity contribution in [2.75, 3.05) is 5.73 Å². The molecule has 5 aromatic rings. The van der Waals surface area contributed by atoms with E-state index in [2.05, 4.69) is 9.97 Å². The molecule has 0 amide bonds. The Kier molecular flexibility index (Phi) is 3.23. The SMILES string of the molecule is Nc1ccc2[nH]c(-c3ccccc3-c3nc4cc(Cl)ccc4[nH]3)nc2c1. The summed E-state index contributed by atoms with van der Waals surface area (Å²) >= 11 is 6.08. The van der Waals surface area contributed by atoms with E-state index in [1.165, 1.54) is 0 Å². The highest BCUT2D eigenvalue weighted by atomic mass is 35.5. The third kappa shape index (κ3) is 2.41. The van der Waals surface area contributed by atoms with Gasteiger partial charge in [0.05, 0.1) is 22.1 Å². The zero-order valence-corrected chi connectivity index (χ0v) is 14.4. The van der Waals surface area contributed by atoms with Gasteiger partial charge in [0, 0.05) is 21.8 Å². The Hall–Kier alpha value is -3.31. The Morgan fingerprint density at radius 2 is 1.31 bits per heavy atom. The molecule has 0 saturated carbocycles. The molecule has 126 valence electrons. The molecule has 26 heavy (non-hydrogen) atoms. The van der Waals surface area contributed by atoms with Crippen molar-refractivity contribution >= 4 is 39.4 Å². The van der Waals surface area contributed by atoms with E-state index < -0.39 is 0 Å². The summed E-state index contributed by atoms with van der Waals surface area (Å²) in [7, 11) is 0. The van der Waals surface area contributed by atoms with Gasteiger partial charge in [-0.25, -0.2) is 9.97 Å². The average molecular weight is 360 g/mol. The first-order chi connectivity index (χ1) is 12.7. The molecule has 0 aliphatic carbocycles. The third-order valence-electron chi connectivity index (χ3n) is 4.39. The maximum atomic E-state index is 6.08. The van der Waals surface area contributed by atoms with Crippen LogP contribution in [0.5, 0.6) is 0 Å². The lowest BCUT2D eigenvalue weighted by Crippen LogP contribution is -1.88. The fraction of sp³-hybridized carbons (Fsp3) is 0. The number of aromatic nitrogens is 4. The number of aromatic amines is 2. The second-order valence-electron chi connectivity index (χ2n) is 6.15. The molecule has 4 N–H and O–H groups in total. The van der Waals surface area contributed by atoms with Gasteiger partial charge >= 0.3 is 0 Å². The number of anilines is 1. The maximum Gasteiger partial charge on any atom is 0.139 e. The average Bonchev–Trinajstić information content (AvgIpc) is 3.24. The normalized spacial score (nSPS) is 11.4. The first-order valence-electron chi connectivity index (χ1n) is 8.18. The van der Waals surface area contributed by atoms with Crippen LogP contribution in [-0.2, 0) is 0 Å². The topological polar surface area (TPSA) is 83.4 Å². The van der Waals surface area contributed by atoms with Crippen LogP contribution in [0.2, 0.25) is 5.02 Å². The highest BCUT2D eigenvalue weighted by Crippen LogP contribution is 2.32. The van der Waals surface area contributed by atoms with Gasteiger partial charge in [-0.05, 0) is 36.4 Å². The lowest BCUT2D eigenvalue weighted by atomic mass is 10.1. The van der Waals surface area contributed by atoms with Crippen molar-refractivity contribution in [1.82, 2.24) is 19.9 Å². The molecule has 0 atom stereocenters. The molecule has 6 heteroatoms. The van der Waals surface area contributed by atoms with Crippen molar-refractivity contribution in [3.05, 3.63) is 65.7 Å². The maximum absolute atomic E-state index is 6.08. The predicted molar refractivity (Wildman–Crippen MR) is 106 cm³/mol. The number of H-pyrrole nitrogens is 2. The lowest BCUT2D eigenvalue weighted by molar-refractivity contribution is 1.30. The van der Waals surface area contributed by atoms with Crippen LogP contribution in [-0.4, -0.2) is 19.9 Å². The van der Waals surface area contributed by atoms with E-state index in [1.807, 2.05) is 60.7 Å². The Bertz CT molecular complexity index is 1170. The molecule has 0 radical (unpaired) electrons. The van der Waals surface area contributed by atoms with E-state index in [0.29, 0.717) is 10.7 Å². The number of nitrogens with zero attached hydrogens (tertiary/aromatic N) is 2. The number of nitrogens with two attached hydrogens (primary N) is 1. The van der Waals surface area contributed by atoms with Crippen LogP contribution < -0.4 is 5.73 Å². The zero-order chi connectivity index (χ0) is 17.7. The van der Waals surface area contributed by atoms with Crippen molar-refractivity contribution in [3.8, 4) is 22.8 Å². The molecule has 2 aromatic heterocycles. The van der Waals surface area contributed by atoms with Gasteiger partial charge in [-0.15, -0.1) is 0 Å². The number of nitrogen functional groups attached to an aromatic ring is 1. The first kappa shape index (κ1) is 15.0. The number of halogens is 1. The van der Waals surface area contributed by atoms with Crippen LogP contribution in [0, 0.1) is 0 Å². The van der Waals surface area contributed by atoms with E-state index >= 15 is 0 Å². The number of benzene rings is 3. The summed E-state index contributed by atoms with van der Waals surface area (Å²) in [5.74, 6) is 1.55. The van der Waals surface area contributed by atoms with Crippen molar-refractivity contribution in [3.63, 3.8) is 0 Å². The summed E-state index contributed by atoms with van der Waals surface area (Å²) in [6, 6.07) is 19.3. The molecule has 0 fully saturated rings. The van der Waals surface area contributed by atoms with Crippen molar-refractivity contribution < 1.29 is 0 Å². The molecule has 0 unspecified atom stereocenters. The molecule has 3 aromatic carbocycles. The van der Waals surface area contributed by atoms with E-state index in [0.717, 1.165) is 44.8 Å². The quantitative estimate of drug-likeness (QED) is 0.387. The minimum atomic E-state index is 0.665. The van der Waals surface area contributed by atoms with Gasteiger partial charge in [0.1, 0.15) is 11.6 Å². The minimum Gasteiger partial charge on any atom is -0.399 e. The molecule has 2 heterocycles. The highest BCUT2D eigenvalue weighted by Gasteiger charge is 2.14. The standard InChI is InChI=1S/C20H14ClN5/c21-11-5-7-15-17(9-11)25-19(23-15)13-3-1-2-4-14(13)20-24-16-8-6-12(22)10-18(16)26-20/h1-10H,22H2,(H,23,25)(H,24,26). The van der Waals surface area contributed by atoms with E-state index in [-0.39, 0.29) is 0 Å². The first-order valence-corrected chi connectivity index (χ1v) is 8.55. The molecule has 0 aliphatic rings. The fourth-order valence-corrected chi connectivity index (χ4v) is 3.32. The van der Waals surface area contributed by atoms with Crippen molar-refractivity contribution in [1.29, 1.82) is 0 Å². The summed E-state index contributed by atoms with van der Waals surface area (Å²) in [6.07, 6.45) is 0. The van der Waals surface area contributed by atoms with Crippen LogP contribution in [0.3, 0.4) is 0 Å². The van der Waals surface area contributed by atoms with Crippen molar-refractivity contribution in [2.45, 2.75) is 0 Å². The Morgan fingerprint density at radius 1 is 0.731 bits per heavy atom. The van der Waals surface area contributed by atoms with Crippen LogP contribution in [0.15, 0.2) is 60.7 Å². The number of fused-ring (bicyclic) bond motifs is 2. The van der Waals surface area contributed by atoms with Gasteiger partial charge < -0.3 is 15.7 Å². The number of rotatable bonds is 2. The van der Waals surface area contributed by atoms with Gasteiger partial charge in [-0.3, -0.25) is 0 Å². The van der Waals surface area contributed by atoms with Crippen LogP contribution in [0.4, 0.5) is 5.69 Å². The number of imidazole rings is 2. The predicted octanol–water partition coefficient (Wildman–Crippen LogP) is 5.01. The second-order valence-corrected chi connectivity index (χ2v) is 6.59. The molecule has 0 aliphatic heterocycles. The summed E-state index contributed by atoms with van der Waals surface area (Å²) < 4.78 is 0. The van der Waals surface area contributed by atoms with Gasteiger partial charge in [0.2, 0.25) is 0 Å². The summed E-state index contributed by atoms with van der Waals surface area (Å²) in [5.41, 5.74) is 12.0.